The van der Waals surface area contributed by atoms with Crippen LogP contribution < -0.4 is 11.1 Å². The second-order valence-electron chi connectivity index (χ2n) is 4.88. The van der Waals surface area contributed by atoms with E-state index in [1.54, 1.807) is 7.11 Å². The average molecular weight is 250 g/mol. The molecule has 1 aromatic rings. The number of nitrogens with two attached hydrogens (primary N) is 1. The van der Waals surface area contributed by atoms with E-state index in [-0.39, 0.29) is 17.4 Å². The zero-order chi connectivity index (χ0) is 13.6. The van der Waals surface area contributed by atoms with Gasteiger partial charge in [-0.1, -0.05) is 30.3 Å². The molecular weight excluding hydrogens is 228 g/mol. The number of carbonyl (C=O) groups excluding carboxylic acids is 1. The van der Waals surface area contributed by atoms with Gasteiger partial charge in [0, 0.05) is 20.2 Å². The molecule has 1 unspecified atom stereocenters. The maximum atomic E-state index is 12.1. The predicted molar refractivity (Wildman–Crippen MR) is 72.3 cm³/mol. The van der Waals surface area contributed by atoms with E-state index in [9.17, 15) is 4.79 Å². The Morgan fingerprint density at radius 1 is 1.39 bits per heavy atom. The molecule has 0 aliphatic carbocycles. The number of rotatable bonds is 6. The lowest BCUT2D eigenvalue weighted by molar-refractivity contribution is -0.123. The van der Waals surface area contributed by atoms with Gasteiger partial charge in [0.25, 0.3) is 0 Å². The molecule has 0 fully saturated rings. The molecule has 4 nitrogen and oxygen atoms in total. The second-order valence-corrected chi connectivity index (χ2v) is 4.88. The molecule has 1 amide bonds. The molecule has 0 radical (unpaired) electrons. The van der Waals surface area contributed by atoms with Crippen LogP contribution in [0.4, 0.5) is 0 Å². The van der Waals surface area contributed by atoms with Crippen LogP contribution in [0.5, 0.6) is 0 Å². The van der Waals surface area contributed by atoms with Crippen molar-refractivity contribution in [2.45, 2.75) is 25.4 Å². The van der Waals surface area contributed by atoms with Gasteiger partial charge in [-0.15, -0.1) is 0 Å². The number of ether oxygens (including phenoxy) is 1. The topological polar surface area (TPSA) is 64.3 Å². The molecule has 1 atom stereocenters. The molecule has 100 valence electrons. The molecule has 18 heavy (non-hydrogen) atoms. The van der Waals surface area contributed by atoms with Crippen LogP contribution >= 0.6 is 0 Å². The SMILES string of the molecule is COC(C)(C)CNC(=O)C(CN)c1ccccc1. The number of amides is 1. The molecule has 0 heterocycles. The Kier molecular flexibility index (Phi) is 5.31. The fourth-order valence-corrected chi connectivity index (χ4v) is 1.58. The van der Waals surface area contributed by atoms with Gasteiger partial charge in [-0.3, -0.25) is 4.79 Å². The van der Waals surface area contributed by atoms with E-state index in [1.165, 1.54) is 0 Å². The first-order chi connectivity index (χ1) is 8.50. The van der Waals surface area contributed by atoms with Crippen molar-refractivity contribution in [1.82, 2.24) is 5.32 Å². The highest BCUT2D eigenvalue weighted by molar-refractivity contribution is 5.83. The number of hydrogen-bond donors (Lipinski definition) is 2. The molecule has 1 aromatic carbocycles. The third kappa shape index (κ3) is 4.13. The van der Waals surface area contributed by atoms with Crippen molar-refractivity contribution in [3.8, 4) is 0 Å². The van der Waals surface area contributed by atoms with Gasteiger partial charge in [0.15, 0.2) is 0 Å². The summed E-state index contributed by atoms with van der Waals surface area (Å²) in [7, 11) is 1.63. The first kappa shape index (κ1) is 14.7. The summed E-state index contributed by atoms with van der Waals surface area (Å²) in [6.07, 6.45) is 0. The van der Waals surface area contributed by atoms with Crippen molar-refractivity contribution in [3.05, 3.63) is 35.9 Å². The molecule has 0 aliphatic rings. The van der Waals surface area contributed by atoms with E-state index in [1.807, 2.05) is 44.2 Å². The molecule has 0 saturated heterocycles. The third-order valence-electron chi connectivity index (χ3n) is 3.00. The first-order valence-electron chi connectivity index (χ1n) is 6.08. The molecule has 0 aliphatic heterocycles. The van der Waals surface area contributed by atoms with Crippen molar-refractivity contribution in [1.29, 1.82) is 0 Å². The van der Waals surface area contributed by atoms with Crippen LogP contribution in [0.1, 0.15) is 25.3 Å². The highest BCUT2D eigenvalue weighted by Gasteiger charge is 2.22. The number of benzene rings is 1. The summed E-state index contributed by atoms with van der Waals surface area (Å²) in [5, 5.41) is 2.88. The molecule has 4 heteroatoms. The summed E-state index contributed by atoms with van der Waals surface area (Å²) >= 11 is 0. The minimum Gasteiger partial charge on any atom is -0.377 e. The van der Waals surface area contributed by atoms with Crippen molar-refractivity contribution in [2.75, 3.05) is 20.2 Å². The molecule has 1 rings (SSSR count). The molecule has 0 saturated carbocycles. The van der Waals surface area contributed by atoms with Crippen LogP contribution in [0.2, 0.25) is 0 Å². The van der Waals surface area contributed by atoms with E-state index in [2.05, 4.69) is 5.32 Å². The van der Waals surface area contributed by atoms with Crippen LogP contribution in [-0.4, -0.2) is 31.7 Å². The second kappa shape index (κ2) is 6.52. The Balaban J connectivity index is 2.64. The fraction of sp³-hybridized carbons (Fsp3) is 0.500. The Bertz CT molecular complexity index is 377. The molecule has 0 bridgehead atoms. The summed E-state index contributed by atoms with van der Waals surface area (Å²) in [5.74, 6) is -0.368. The van der Waals surface area contributed by atoms with Gasteiger partial charge >= 0.3 is 0 Å². The molecule has 0 spiro atoms. The van der Waals surface area contributed by atoms with E-state index < -0.39 is 0 Å². The normalized spacial score (nSPS) is 13.1. The highest BCUT2D eigenvalue weighted by atomic mass is 16.5. The first-order valence-corrected chi connectivity index (χ1v) is 6.08. The monoisotopic (exact) mass is 250 g/mol. The minimum absolute atomic E-state index is 0.0613. The van der Waals surface area contributed by atoms with Gasteiger partial charge < -0.3 is 15.8 Å². The number of hydrogen-bond acceptors (Lipinski definition) is 3. The van der Waals surface area contributed by atoms with Crippen LogP contribution in [-0.2, 0) is 9.53 Å². The lowest BCUT2D eigenvalue weighted by Gasteiger charge is -2.24. The largest absolute Gasteiger partial charge is 0.377 e. The minimum atomic E-state index is -0.370. The van der Waals surface area contributed by atoms with Gasteiger partial charge in [-0.25, -0.2) is 0 Å². The zero-order valence-electron chi connectivity index (χ0n) is 11.3. The van der Waals surface area contributed by atoms with Gasteiger partial charge in [0.05, 0.1) is 11.5 Å². The van der Waals surface area contributed by atoms with E-state index in [0.717, 1.165) is 5.56 Å². The van der Waals surface area contributed by atoms with Gasteiger partial charge in [-0.05, 0) is 19.4 Å². The average Bonchev–Trinajstić information content (AvgIpc) is 2.39. The van der Waals surface area contributed by atoms with Crippen LogP contribution in [0.25, 0.3) is 0 Å². The van der Waals surface area contributed by atoms with Crippen molar-refractivity contribution in [2.24, 2.45) is 5.73 Å². The smallest absolute Gasteiger partial charge is 0.228 e. The Morgan fingerprint density at radius 3 is 2.50 bits per heavy atom. The Morgan fingerprint density at radius 2 is 2.00 bits per heavy atom. The molecule has 3 N–H and O–H groups in total. The summed E-state index contributed by atoms with van der Waals surface area (Å²) in [6.45, 7) is 4.61. The predicted octanol–water partition coefficient (Wildman–Crippen LogP) is 1.27. The maximum absolute atomic E-state index is 12.1. The van der Waals surface area contributed by atoms with Gasteiger partial charge in [-0.2, -0.15) is 0 Å². The highest BCUT2D eigenvalue weighted by Crippen LogP contribution is 2.14. The van der Waals surface area contributed by atoms with Crippen molar-refractivity contribution in [3.63, 3.8) is 0 Å². The van der Waals surface area contributed by atoms with Crippen LogP contribution in [0.3, 0.4) is 0 Å². The van der Waals surface area contributed by atoms with Gasteiger partial charge in [0.2, 0.25) is 5.91 Å². The summed E-state index contributed by atoms with van der Waals surface area (Å²) in [6, 6.07) is 9.56. The van der Waals surface area contributed by atoms with Crippen LogP contribution in [0, 0.1) is 0 Å². The zero-order valence-corrected chi connectivity index (χ0v) is 11.3. The third-order valence-corrected chi connectivity index (χ3v) is 3.00. The lowest BCUT2D eigenvalue weighted by Crippen LogP contribution is -2.42. The summed E-state index contributed by atoms with van der Waals surface area (Å²) in [4.78, 5) is 12.1. The Labute approximate surface area is 109 Å². The van der Waals surface area contributed by atoms with Gasteiger partial charge in [0.1, 0.15) is 0 Å². The Hall–Kier alpha value is -1.39. The molecule has 0 aromatic heterocycles. The maximum Gasteiger partial charge on any atom is 0.228 e. The van der Waals surface area contributed by atoms with Crippen molar-refractivity contribution >= 4 is 5.91 Å². The van der Waals surface area contributed by atoms with E-state index in [0.29, 0.717) is 13.1 Å². The standard InChI is InChI=1S/C14H22N2O2/c1-14(2,18-3)10-16-13(17)12(9-15)11-7-5-4-6-8-11/h4-8,12H,9-10,15H2,1-3H3,(H,16,17). The quantitative estimate of drug-likeness (QED) is 0.799. The lowest BCUT2D eigenvalue weighted by atomic mass is 9.98. The van der Waals surface area contributed by atoms with Crippen molar-refractivity contribution < 1.29 is 9.53 Å². The number of nitrogens with one attached hydrogen (secondary N) is 1. The van der Waals surface area contributed by atoms with E-state index >= 15 is 0 Å². The number of methoxy groups -OCH3 is 1. The summed E-state index contributed by atoms with van der Waals surface area (Å²) in [5.41, 5.74) is 6.25. The fourth-order valence-electron chi connectivity index (χ4n) is 1.58. The van der Waals surface area contributed by atoms with Crippen LogP contribution in [0.15, 0.2) is 30.3 Å². The molecular formula is C14H22N2O2. The number of carbonyl (C=O) groups is 1. The summed E-state index contributed by atoms with van der Waals surface area (Å²) < 4.78 is 5.26. The van der Waals surface area contributed by atoms with E-state index in [4.69, 9.17) is 10.5 Å².